The Labute approximate surface area is 120 Å². The minimum atomic E-state index is -0.985. The number of fused-ring (bicyclic) bond motifs is 1. The second-order valence-electron chi connectivity index (χ2n) is 4.70. The van der Waals surface area contributed by atoms with Crippen LogP contribution >= 0.6 is 11.3 Å². The van der Waals surface area contributed by atoms with Crippen molar-refractivity contribution in [2.75, 3.05) is 6.54 Å². The molecule has 4 nitrogen and oxygen atoms in total. The zero-order chi connectivity index (χ0) is 14.1. The Morgan fingerprint density at radius 2 is 2.05 bits per heavy atom. The number of carbonyl (C=O) groups excluding carboxylic acids is 1. The Morgan fingerprint density at radius 3 is 2.75 bits per heavy atom. The zero-order valence-corrected chi connectivity index (χ0v) is 11.5. The number of amides is 1. The third kappa shape index (κ3) is 2.10. The molecule has 1 unspecified atom stereocenters. The van der Waals surface area contributed by atoms with E-state index in [1.807, 2.05) is 23.6 Å². The van der Waals surface area contributed by atoms with Gasteiger partial charge in [0.2, 0.25) is 0 Å². The number of carbonyl (C=O) groups is 2. The number of rotatable bonds is 2. The number of benzene rings is 1. The Hall–Kier alpha value is -2.14. The predicted molar refractivity (Wildman–Crippen MR) is 75.9 cm³/mol. The molecule has 5 heteroatoms. The number of carboxylic acids is 1. The molecule has 1 aromatic carbocycles. The maximum atomic E-state index is 12.5. The molecule has 1 aliphatic rings. The van der Waals surface area contributed by atoms with Gasteiger partial charge in [-0.1, -0.05) is 24.3 Å². The normalized spacial score (nSPS) is 17.6. The van der Waals surface area contributed by atoms with Crippen molar-refractivity contribution < 1.29 is 14.7 Å². The summed E-state index contributed by atoms with van der Waals surface area (Å²) in [5.74, 6) is -1.20. The quantitative estimate of drug-likeness (QED) is 0.923. The fourth-order valence-electron chi connectivity index (χ4n) is 2.60. The molecule has 1 aliphatic heterocycles. The van der Waals surface area contributed by atoms with Gasteiger partial charge >= 0.3 is 5.97 Å². The van der Waals surface area contributed by atoms with E-state index >= 15 is 0 Å². The van der Waals surface area contributed by atoms with Crippen molar-refractivity contribution in [1.82, 2.24) is 4.90 Å². The lowest BCUT2D eigenvalue weighted by atomic mass is 9.92. The van der Waals surface area contributed by atoms with E-state index in [9.17, 15) is 14.7 Å². The van der Waals surface area contributed by atoms with Gasteiger partial charge in [-0.05, 0) is 29.0 Å². The third-order valence-electron chi connectivity index (χ3n) is 3.55. The van der Waals surface area contributed by atoms with Crippen LogP contribution in [0, 0.1) is 0 Å². The summed E-state index contributed by atoms with van der Waals surface area (Å²) in [5.41, 5.74) is 2.28. The number of hydrogen-bond acceptors (Lipinski definition) is 3. The van der Waals surface area contributed by atoms with E-state index in [4.69, 9.17) is 0 Å². The first-order chi connectivity index (χ1) is 9.68. The predicted octanol–water partition coefficient (Wildman–Crippen LogP) is 2.57. The van der Waals surface area contributed by atoms with Crippen molar-refractivity contribution in [3.63, 3.8) is 0 Å². The molecule has 2 heterocycles. The van der Waals surface area contributed by atoms with Crippen LogP contribution in [0.1, 0.15) is 27.5 Å². The molecular weight excluding hydrogens is 274 g/mol. The van der Waals surface area contributed by atoms with E-state index in [1.54, 1.807) is 17.5 Å². The average Bonchev–Trinajstić information content (AvgIpc) is 2.99. The first kappa shape index (κ1) is 12.9. The molecule has 1 amide bonds. The van der Waals surface area contributed by atoms with Crippen LogP contribution in [0.5, 0.6) is 0 Å². The fraction of sp³-hybridized carbons (Fsp3) is 0.200. The second-order valence-corrected chi connectivity index (χ2v) is 5.48. The van der Waals surface area contributed by atoms with Crippen LogP contribution in [0.2, 0.25) is 0 Å². The number of thiophene rings is 1. The molecule has 1 atom stereocenters. The molecule has 3 rings (SSSR count). The maximum Gasteiger partial charge on any atom is 0.331 e. The molecule has 20 heavy (non-hydrogen) atoms. The van der Waals surface area contributed by atoms with Crippen LogP contribution in [0.15, 0.2) is 41.1 Å². The zero-order valence-electron chi connectivity index (χ0n) is 10.7. The minimum absolute atomic E-state index is 0.215. The molecular formula is C15H13NO3S. The molecule has 102 valence electrons. The van der Waals surface area contributed by atoms with Crippen LogP contribution in [-0.2, 0) is 11.2 Å². The van der Waals surface area contributed by atoms with Crippen molar-refractivity contribution in [3.8, 4) is 0 Å². The third-order valence-corrected chi connectivity index (χ3v) is 4.23. The van der Waals surface area contributed by atoms with Gasteiger partial charge in [0.25, 0.3) is 5.91 Å². The van der Waals surface area contributed by atoms with Crippen molar-refractivity contribution in [3.05, 3.63) is 57.8 Å². The fourth-order valence-corrected chi connectivity index (χ4v) is 3.23. The lowest BCUT2D eigenvalue weighted by Gasteiger charge is -2.34. The van der Waals surface area contributed by atoms with Crippen LogP contribution in [0.25, 0.3) is 0 Å². The lowest BCUT2D eigenvalue weighted by molar-refractivity contribution is -0.143. The maximum absolute atomic E-state index is 12.5. The summed E-state index contributed by atoms with van der Waals surface area (Å²) in [6.07, 6.45) is 0.690. The minimum Gasteiger partial charge on any atom is -0.479 e. The van der Waals surface area contributed by atoms with Crippen LogP contribution in [0.3, 0.4) is 0 Å². The highest BCUT2D eigenvalue weighted by Gasteiger charge is 2.36. The average molecular weight is 287 g/mol. The molecule has 1 N–H and O–H groups in total. The van der Waals surface area contributed by atoms with E-state index in [2.05, 4.69) is 0 Å². The van der Waals surface area contributed by atoms with E-state index < -0.39 is 12.0 Å². The van der Waals surface area contributed by atoms with Crippen molar-refractivity contribution in [2.24, 2.45) is 0 Å². The Balaban J connectivity index is 2.01. The summed E-state index contributed by atoms with van der Waals surface area (Å²) in [4.78, 5) is 25.5. The van der Waals surface area contributed by atoms with E-state index in [0.29, 0.717) is 18.5 Å². The molecule has 2 aromatic rings. The highest BCUT2D eigenvalue weighted by molar-refractivity contribution is 7.08. The highest BCUT2D eigenvalue weighted by Crippen LogP contribution is 2.31. The number of aliphatic carboxylic acids is 1. The van der Waals surface area contributed by atoms with Gasteiger partial charge in [0.15, 0.2) is 6.04 Å². The van der Waals surface area contributed by atoms with E-state index in [1.165, 1.54) is 16.2 Å². The topological polar surface area (TPSA) is 57.6 Å². The van der Waals surface area contributed by atoms with Crippen LogP contribution < -0.4 is 0 Å². The molecule has 0 saturated heterocycles. The second kappa shape index (κ2) is 5.09. The monoisotopic (exact) mass is 287 g/mol. The molecule has 0 radical (unpaired) electrons. The van der Waals surface area contributed by atoms with E-state index in [-0.39, 0.29) is 5.91 Å². The summed E-state index contributed by atoms with van der Waals surface area (Å²) in [5, 5.41) is 13.1. The van der Waals surface area contributed by atoms with Gasteiger partial charge in [-0.15, -0.1) is 0 Å². The first-order valence-corrected chi connectivity index (χ1v) is 7.26. The number of carboxylic acid groups (broad SMARTS) is 1. The van der Waals surface area contributed by atoms with Gasteiger partial charge in [0.1, 0.15) is 0 Å². The van der Waals surface area contributed by atoms with E-state index in [0.717, 1.165) is 11.1 Å². The van der Waals surface area contributed by atoms with Crippen LogP contribution in [-0.4, -0.2) is 28.4 Å². The summed E-state index contributed by atoms with van der Waals surface area (Å²) in [7, 11) is 0. The molecule has 0 saturated carbocycles. The van der Waals surface area contributed by atoms with Crippen molar-refractivity contribution >= 4 is 23.2 Å². The summed E-state index contributed by atoms with van der Waals surface area (Å²) >= 11 is 1.43. The Kier molecular flexibility index (Phi) is 3.28. The van der Waals surface area contributed by atoms with Gasteiger partial charge in [0.05, 0.1) is 5.56 Å². The molecule has 0 fully saturated rings. The van der Waals surface area contributed by atoms with Crippen molar-refractivity contribution in [2.45, 2.75) is 12.5 Å². The summed E-state index contributed by atoms with van der Waals surface area (Å²) in [6.45, 7) is 0.433. The highest BCUT2D eigenvalue weighted by atomic mass is 32.1. The van der Waals surface area contributed by atoms with Gasteiger partial charge in [0, 0.05) is 11.9 Å². The lowest BCUT2D eigenvalue weighted by Crippen LogP contribution is -2.43. The standard InChI is InChI=1S/C15H13NO3S/c17-14(11-6-8-20-9-11)16-7-5-10-3-1-2-4-12(10)13(16)15(18)19/h1-4,6,8-9,13H,5,7H2,(H,18,19). The number of hydrogen-bond donors (Lipinski definition) is 1. The molecule has 0 aliphatic carbocycles. The smallest absolute Gasteiger partial charge is 0.331 e. The van der Waals surface area contributed by atoms with Crippen LogP contribution in [0.4, 0.5) is 0 Å². The van der Waals surface area contributed by atoms with Gasteiger partial charge in [-0.25, -0.2) is 4.79 Å². The molecule has 1 aromatic heterocycles. The van der Waals surface area contributed by atoms with Gasteiger partial charge in [-0.3, -0.25) is 4.79 Å². The summed E-state index contributed by atoms with van der Waals surface area (Å²) in [6, 6.07) is 8.26. The molecule has 0 spiro atoms. The van der Waals surface area contributed by atoms with Gasteiger partial charge < -0.3 is 10.0 Å². The van der Waals surface area contributed by atoms with Crippen molar-refractivity contribution in [1.29, 1.82) is 0 Å². The van der Waals surface area contributed by atoms with Gasteiger partial charge in [-0.2, -0.15) is 11.3 Å². The number of nitrogens with zero attached hydrogens (tertiary/aromatic N) is 1. The Morgan fingerprint density at radius 1 is 1.25 bits per heavy atom. The largest absolute Gasteiger partial charge is 0.479 e. The molecule has 0 bridgehead atoms. The first-order valence-electron chi connectivity index (χ1n) is 6.32. The Bertz CT molecular complexity index is 651. The SMILES string of the molecule is O=C(O)C1c2ccccc2CCN1C(=O)c1ccsc1. The summed E-state index contributed by atoms with van der Waals surface area (Å²) < 4.78 is 0.